The van der Waals surface area contributed by atoms with Crippen LogP contribution in [0.5, 0.6) is 0 Å². The number of carbonyl (C=O) groups is 3. The number of carboxylic acid groups (broad SMARTS) is 1. The third-order valence-electron chi connectivity index (χ3n) is 3.61. The molecule has 1 saturated heterocycles. The molecule has 1 heterocycles. The Morgan fingerprint density at radius 1 is 1.15 bits per heavy atom. The average molecular weight is 370 g/mol. The molecule has 0 aromatic heterocycles. The van der Waals surface area contributed by atoms with E-state index in [0.29, 0.717) is 5.56 Å². The number of benzene rings is 2. The zero-order valence-corrected chi connectivity index (χ0v) is 13.9. The van der Waals surface area contributed by atoms with Crippen molar-refractivity contribution >= 4 is 46.9 Å². The van der Waals surface area contributed by atoms with Crippen LogP contribution in [0.4, 0.5) is 10.1 Å². The van der Waals surface area contributed by atoms with Crippen LogP contribution in [-0.4, -0.2) is 28.0 Å². The van der Waals surface area contributed by atoms with Gasteiger partial charge < -0.3 is 5.11 Å². The normalized spacial score (nSPS) is 16.0. The second kappa shape index (κ2) is 6.85. The zero-order chi connectivity index (χ0) is 18.8. The molecular formula is C18H11FN2O4S. The van der Waals surface area contributed by atoms with Gasteiger partial charge in [0.2, 0.25) is 0 Å². The molecule has 8 heteroatoms. The third-order valence-corrected chi connectivity index (χ3v) is 3.90. The summed E-state index contributed by atoms with van der Waals surface area (Å²) in [7, 11) is 0. The molecule has 3 rings (SSSR count). The quantitative estimate of drug-likeness (QED) is 0.492. The Bertz CT molecular complexity index is 987. The highest BCUT2D eigenvalue weighted by Crippen LogP contribution is 2.23. The first kappa shape index (κ1) is 17.4. The summed E-state index contributed by atoms with van der Waals surface area (Å²) in [6, 6.07) is 11.0. The summed E-state index contributed by atoms with van der Waals surface area (Å²) in [6.45, 7) is 0. The summed E-state index contributed by atoms with van der Waals surface area (Å²) in [5.41, 5.74) is 0.246. The number of halogens is 1. The summed E-state index contributed by atoms with van der Waals surface area (Å²) in [5.74, 6) is -3.12. The van der Waals surface area contributed by atoms with E-state index in [1.807, 2.05) is 0 Å². The second-order valence-electron chi connectivity index (χ2n) is 5.37. The van der Waals surface area contributed by atoms with Gasteiger partial charge in [-0.2, -0.15) is 0 Å². The molecule has 2 amide bonds. The summed E-state index contributed by atoms with van der Waals surface area (Å²) in [6.07, 6.45) is 1.25. The van der Waals surface area contributed by atoms with Gasteiger partial charge in [-0.05, 0) is 54.2 Å². The van der Waals surface area contributed by atoms with E-state index < -0.39 is 23.6 Å². The van der Waals surface area contributed by atoms with Crippen molar-refractivity contribution in [3.63, 3.8) is 0 Å². The van der Waals surface area contributed by atoms with E-state index in [4.69, 9.17) is 17.3 Å². The first-order valence-corrected chi connectivity index (χ1v) is 7.78. The van der Waals surface area contributed by atoms with Crippen molar-refractivity contribution in [2.45, 2.75) is 0 Å². The lowest BCUT2D eigenvalue weighted by molar-refractivity contribution is -0.122. The van der Waals surface area contributed by atoms with Crippen LogP contribution in [0, 0.1) is 5.82 Å². The minimum atomic E-state index is -1.17. The van der Waals surface area contributed by atoms with Gasteiger partial charge in [0.1, 0.15) is 11.4 Å². The molecule has 0 atom stereocenters. The van der Waals surface area contributed by atoms with Crippen molar-refractivity contribution in [2.75, 3.05) is 4.90 Å². The molecule has 0 spiro atoms. The molecule has 0 saturated carbocycles. The number of thiocarbonyl (C=S) groups is 1. The van der Waals surface area contributed by atoms with E-state index in [2.05, 4.69) is 5.32 Å². The number of amides is 2. The number of anilines is 1. The third kappa shape index (κ3) is 3.35. The molecule has 1 fully saturated rings. The highest BCUT2D eigenvalue weighted by atomic mass is 32.1. The molecule has 2 N–H and O–H groups in total. The standard InChI is InChI=1S/C18H11FN2O4S/c19-12-5-1-3-10(7-12)8-14-15(22)20-18(26)21(16(14)23)13-6-2-4-11(9-13)17(24)25/h1-9H,(H,24,25)(H,20,22,26). The Hall–Kier alpha value is -3.39. The summed E-state index contributed by atoms with van der Waals surface area (Å²) in [4.78, 5) is 37.1. The maximum atomic E-state index is 13.3. The van der Waals surface area contributed by atoms with E-state index in [9.17, 15) is 18.8 Å². The maximum absolute atomic E-state index is 13.3. The predicted molar refractivity (Wildman–Crippen MR) is 96.0 cm³/mol. The van der Waals surface area contributed by atoms with Crippen LogP contribution < -0.4 is 10.2 Å². The average Bonchev–Trinajstić information content (AvgIpc) is 2.59. The summed E-state index contributed by atoms with van der Waals surface area (Å²) >= 11 is 5.05. The molecule has 0 unspecified atom stereocenters. The minimum Gasteiger partial charge on any atom is -0.478 e. The smallest absolute Gasteiger partial charge is 0.335 e. The van der Waals surface area contributed by atoms with E-state index in [0.717, 1.165) is 4.90 Å². The summed E-state index contributed by atoms with van der Waals surface area (Å²) in [5, 5.41) is 11.3. The largest absolute Gasteiger partial charge is 0.478 e. The second-order valence-corrected chi connectivity index (χ2v) is 5.76. The first-order valence-electron chi connectivity index (χ1n) is 7.37. The molecular weight excluding hydrogens is 359 g/mol. The van der Waals surface area contributed by atoms with Crippen LogP contribution in [-0.2, 0) is 9.59 Å². The van der Waals surface area contributed by atoms with Crippen LogP contribution in [0.15, 0.2) is 54.1 Å². The number of hydrogen-bond donors (Lipinski definition) is 2. The zero-order valence-electron chi connectivity index (χ0n) is 13.1. The Kier molecular flexibility index (Phi) is 4.59. The van der Waals surface area contributed by atoms with E-state index in [-0.39, 0.29) is 21.9 Å². The molecule has 2 aromatic rings. The Morgan fingerprint density at radius 2 is 1.88 bits per heavy atom. The van der Waals surface area contributed by atoms with Gasteiger partial charge in [-0.25, -0.2) is 9.18 Å². The van der Waals surface area contributed by atoms with Gasteiger partial charge in [-0.1, -0.05) is 18.2 Å². The minimum absolute atomic E-state index is 0.0364. The van der Waals surface area contributed by atoms with Crippen molar-refractivity contribution in [3.05, 3.63) is 71.0 Å². The topological polar surface area (TPSA) is 86.7 Å². The monoisotopic (exact) mass is 370 g/mol. The molecule has 1 aliphatic heterocycles. The molecule has 26 heavy (non-hydrogen) atoms. The number of carboxylic acids is 1. The molecule has 0 bridgehead atoms. The lowest BCUT2D eigenvalue weighted by Crippen LogP contribution is -2.54. The van der Waals surface area contributed by atoms with E-state index >= 15 is 0 Å². The summed E-state index contributed by atoms with van der Waals surface area (Å²) < 4.78 is 13.3. The van der Waals surface area contributed by atoms with Crippen LogP contribution >= 0.6 is 12.2 Å². The SMILES string of the molecule is O=C1NC(=S)N(c2cccc(C(=O)O)c2)C(=O)C1=Cc1cccc(F)c1. The van der Waals surface area contributed by atoms with Crippen LogP contribution in [0.25, 0.3) is 6.08 Å². The maximum Gasteiger partial charge on any atom is 0.335 e. The molecule has 0 radical (unpaired) electrons. The fourth-order valence-corrected chi connectivity index (χ4v) is 2.71. The van der Waals surface area contributed by atoms with Crippen molar-refractivity contribution in [2.24, 2.45) is 0 Å². The highest BCUT2D eigenvalue weighted by molar-refractivity contribution is 7.80. The van der Waals surface area contributed by atoms with E-state index in [1.165, 1.54) is 48.5 Å². The molecule has 1 aliphatic rings. The Balaban J connectivity index is 2.03. The van der Waals surface area contributed by atoms with Crippen LogP contribution in [0.2, 0.25) is 0 Å². The van der Waals surface area contributed by atoms with Gasteiger partial charge in [0.25, 0.3) is 11.8 Å². The van der Waals surface area contributed by atoms with Crippen molar-refractivity contribution < 1.29 is 23.9 Å². The Labute approximate surface area is 152 Å². The molecule has 0 aliphatic carbocycles. The lowest BCUT2D eigenvalue weighted by Gasteiger charge is -2.29. The number of hydrogen-bond acceptors (Lipinski definition) is 4. The molecule has 6 nitrogen and oxygen atoms in total. The van der Waals surface area contributed by atoms with Crippen molar-refractivity contribution in [3.8, 4) is 0 Å². The van der Waals surface area contributed by atoms with Gasteiger partial charge in [-0.3, -0.25) is 19.8 Å². The van der Waals surface area contributed by atoms with Gasteiger partial charge in [0.05, 0.1) is 11.3 Å². The van der Waals surface area contributed by atoms with Crippen LogP contribution in [0.3, 0.4) is 0 Å². The lowest BCUT2D eigenvalue weighted by atomic mass is 10.1. The number of carbonyl (C=O) groups excluding carboxylic acids is 2. The van der Waals surface area contributed by atoms with Crippen molar-refractivity contribution in [1.82, 2.24) is 5.32 Å². The number of rotatable bonds is 3. The van der Waals surface area contributed by atoms with E-state index in [1.54, 1.807) is 6.07 Å². The Morgan fingerprint density at radius 3 is 2.58 bits per heavy atom. The molecule has 130 valence electrons. The number of nitrogens with one attached hydrogen (secondary N) is 1. The fraction of sp³-hybridized carbons (Fsp3) is 0. The first-order chi connectivity index (χ1) is 12.4. The van der Waals surface area contributed by atoms with Crippen molar-refractivity contribution in [1.29, 1.82) is 0 Å². The van der Waals surface area contributed by atoms with Gasteiger partial charge in [-0.15, -0.1) is 0 Å². The van der Waals surface area contributed by atoms with Gasteiger partial charge in [0.15, 0.2) is 5.11 Å². The molecule has 2 aromatic carbocycles. The highest BCUT2D eigenvalue weighted by Gasteiger charge is 2.34. The van der Waals surface area contributed by atoms with Crippen LogP contribution in [0.1, 0.15) is 15.9 Å². The predicted octanol–water partition coefficient (Wildman–Crippen LogP) is 2.36. The number of aromatic carboxylic acids is 1. The fourth-order valence-electron chi connectivity index (χ4n) is 2.43. The number of nitrogens with zero attached hydrogens (tertiary/aromatic N) is 1. The van der Waals surface area contributed by atoms with Gasteiger partial charge in [0, 0.05) is 0 Å². The van der Waals surface area contributed by atoms with Gasteiger partial charge >= 0.3 is 5.97 Å².